The standard InChI is InChI=1S/C14H17FN2O4/c1-3-4-9-7-10(5-6-11(9)15)13(19)16-12(8(2)18)14(20)17-21/h3,5-8,12,18,21H,1,4H2,2H3,(H,16,19)(H,17,20). The van der Waals surface area contributed by atoms with E-state index in [1.807, 2.05) is 0 Å². The van der Waals surface area contributed by atoms with Crippen molar-refractivity contribution < 1.29 is 24.3 Å². The van der Waals surface area contributed by atoms with Gasteiger partial charge in [0.05, 0.1) is 6.10 Å². The van der Waals surface area contributed by atoms with Gasteiger partial charge in [-0.2, -0.15) is 0 Å². The lowest BCUT2D eigenvalue weighted by Crippen LogP contribution is -2.51. The molecule has 0 aliphatic carbocycles. The predicted octanol–water partition coefficient (Wildman–Crippen LogP) is 0.539. The summed E-state index contributed by atoms with van der Waals surface area (Å²) in [6.07, 6.45) is 0.538. The molecule has 0 aromatic heterocycles. The van der Waals surface area contributed by atoms with Gasteiger partial charge < -0.3 is 10.4 Å². The number of aliphatic hydroxyl groups is 1. The highest BCUT2D eigenvalue weighted by Crippen LogP contribution is 2.12. The molecule has 0 spiro atoms. The fourth-order valence-corrected chi connectivity index (χ4v) is 1.73. The molecular formula is C14H17FN2O4. The van der Waals surface area contributed by atoms with E-state index in [2.05, 4.69) is 11.9 Å². The molecule has 0 bridgehead atoms. The number of aliphatic hydroxyl groups excluding tert-OH is 1. The lowest BCUT2D eigenvalue weighted by atomic mass is 10.1. The summed E-state index contributed by atoms with van der Waals surface area (Å²) < 4.78 is 13.5. The predicted molar refractivity (Wildman–Crippen MR) is 73.2 cm³/mol. The third-order valence-corrected chi connectivity index (χ3v) is 2.83. The Morgan fingerprint density at radius 3 is 2.67 bits per heavy atom. The second kappa shape index (κ2) is 7.51. The zero-order valence-corrected chi connectivity index (χ0v) is 11.5. The van der Waals surface area contributed by atoms with E-state index in [0.717, 1.165) is 6.07 Å². The number of hydrogen-bond donors (Lipinski definition) is 4. The van der Waals surface area contributed by atoms with E-state index < -0.39 is 29.8 Å². The Hall–Kier alpha value is -2.25. The van der Waals surface area contributed by atoms with Crippen LogP contribution in [0.4, 0.5) is 4.39 Å². The Labute approximate surface area is 121 Å². The van der Waals surface area contributed by atoms with Gasteiger partial charge in [-0.1, -0.05) is 6.08 Å². The Morgan fingerprint density at radius 1 is 1.48 bits per heavy atom. The number of hydrogen-bond acceptors (Lipinski definition) is 4. The summed E-state index contributed by atoms with van der Waals surface area (Å²) in [6, 6.07) is 2.41. The lowest BCUT2D eigenvalue weighted by molar-refractivity contribution is -0.133. The number of benzene rings is 1. The number of carbonyl (C=O) groups is 2. The number of nitrogens with one attached hydrogen (secondary N) is 2. The topological polar surface area (TPSA) is 98.7 Å². The largest absolute Gasteiger partial charge is 0.391 e. The van der Waals surface area contributed by atoms with Crippen LogP contribution in [0.5, 0.6) is 0 Å². The van der Waals surface area contributed by atoms with E-state index in [1.54, 1.807) is 0 Å². The Balaban J connectivity index is 2.95. The highest BCUT2D eigenvalue weighted by atomic mass is 19.1. The summed E-state index contributed by atoms with van der Waals surface area (Å²) in [6.45, 7) is 4.78. The molecule has 2 atom stereocenters. The van der Waals surface area contributed by atoms with Gasteiger partial charge in [-0.3, -0.25) is 14.8 Å². The van der Waals surface area contributed by atoms with Gasteiger partial charge in [-0.15, -0.1) is 6.58 Å². The number of halogens is 1. The van der Waals surface area contributed by atoms with Gasteiger partial charge in [0, 0.05) is 5.56 Å². The van der Waals surface area contributed by atoms with Crippen LogP contribution < -0.4 is 10.8 Å². The summed E-state index contributed by atoms with van der Waals surface area (Å²) >= 11 is 0. The van der Waals surface area contributed by atoms with Gasteiger partial charge in [0.1, 0.15) is 11.9 Å². The summed E-state index contributed by atoms with van der Waals surface area (Å²) in [5.41, 5.74) is 1.78. The van der Waals surface area contributed by atoms with Crippen LogP contribution in [-0.2, 0) is 11.2 Å². The van der Waals surface area contributed by atoms with Gasteiger partial charge in [0.15, 0.2) is 0 Å². The second-order valence-electron chi connectivity index (χ2n) is 4.47. The van der Waals surface area contributed by atoms with E-state index >= 15 is 0 Å². The number of allylic oxidation sites excluding steroid dienone is 1. The molecule has 21 heavy (non-hydrogen) atoms. The molecule has 114 valence electrons. The smallest absolute Gasteiger partial charge is 0.268 e. The normalized spacial score (nSPS) is 13.1. The highest BCUT2D eigenvalue weighted by molar-refractivity contribution is 5.97. The molecule has 2 unspecified atom stereocenters. The van der Waals surface area contributed by atoms with Gasteiger partial charge in [0.2, 0.25) is 0 Å². The third kappa shape index (κ3) is 4.37. The summed E-state index contributed by atoms with van der Waals surface area (Å²) in [5.74, 6) is -2.09. The molecule has 1 rings (SSSR count). The van der Waals surface area contributed by atoms with Gasteiger partial charge in [-0.25, -0.2) is 9.87 Å². The highest BCUT2D eigenvalue weighted by Gasteiger charge is 2.25. The monoisotopic (exact) mass is 296 g/mol. The molecule has 0 saturated heterocycles. The molecular weight excluding hydrogens is 279 g/mol. The molecule has 7 heteroatoms. The minimum atomic E-state index is -1.32. The number of rotatable bonds is 6. The molecule has 6 nitrogen and oxygen atoms in total. The summed E-state index contributed by atoms with van der Waals surface area (Å²) in [5, 5.41) is 20.3. The average Bonchev–Trinajstić information content (AvgIpc) is 2.45. The van der Waals surface area contributed by atoms with Gasteiger partial charge >= 0.3 is 0 Å². The van der Waals surface area contributed by atoms with Crippen molar-refractivity contribution in [3.8, 4) is 0 Å². The lowest BCUT2D eigenvalue weighted by Gasteiger charge is -2.19. The maximum Gasteiger partial charge on any atom is 0.268 e. The fraction of sp³-hybridized carbons (Fsp3) is 0.286. The van der Waals surface area contributed by atoms with Crippen LogP contribution in [0.3, 0.4) is 0 Å². The first kappa shape index (κ1) is 16.8. The Kier molecular flexibility index (Phi) is 6.01. The molecule has 0 saturated carbocycles. The first-order valence-electron chi connectivity index (χ1n) is 6.23. The zero-order valence-electron chi connectivity index (χ0n) is 11.5. The van der Waals surface area contributed by atoms with Gasteiger partial charge in [-0.05, 0) is 37.1 Å². The molecule has 1 aromatic carbocycles. The maximum atomic E-state index is 13.5. The third-order valence-electron chi connectivity index (χ3n) is 2.83. The van der Waals surface area contributed by atoms with Crippen molar-refractivity contribution in [1.82, 2.24) is 10.8 Å². The summed E-state index contributed by atoms with van der Waals surface area (Å²) in [4.78, 5) is 23.4. The van der Waals surface area contributed by atoms with Crippen LogP contribution in [0.15, 0.2) is 30.9 Å². The van der Waals surface area contributed by atoms with Crippen LogP contribution in [0, 0.1) is 5.82 Å². The molecule has 2 amide bonds. The quantitative estimate of drug-likeness (QED) is 0.350. The zero-order chi connectivity index (χ0) is 16.0. The first-order valence-corrected chi connectivity index (χ1v) is 6.23. The molecule has 0 aliphatic heterocycles. The molecule has 0 heterocycles. The van der Waals surface area contributed by atoms with Crippen LogP contribution >= 0.6 is 0 Å². The molecule has 0 aliphatic rings. The van der Waals surface area contributed by atoms with Crippen LogP contribution in [-0.4, -0.2) is 34.3 Å². The maximum absolute atomic E-state index is 13.5. The Bertz CT molecular complexity index is 546. The average molecular weight is 296 g/mol. The molecule has 1 aromatic rings. The molecule has 4 N–H and O–H groups in total. The van der Waals surface area contributed by atoms with Crippen LogP contribution in [0.25, 0.3) is 0 Å². The van der Waals surface area contributed by atoms with Crippen molar-refractivity contribution in [1.29, 1.82) is 0 Å². The van der Waals surface area contributed by atoms with E-state index in [9.17, 15) is 19.1 Å². The van der Waals surface area contributed by atoms with Crippen molar-refractivity contribution in [2.24, 2.45) is 0 Å². The number of carbonyl (C=O) groups excluding carboxylic acids is 2. The van der Waals surface area contributed by atoms with Crippen LogP contribution in [0.2, 0.25) is 0 Å². The van der Waals surface area contributed by atoms with Gasteiger partial charge in [0.25, 0.3) is 11.8 Å². The SMILES string of the molecule is C=CCc1cc(C(=O)NC(C(=O)NO)C(C)O)ccc1F. The van der Waals surface area contributed by atoms with Crippen molar-refractivity contribution >= 4 is 11.8 Å². The minimum Gasteiger partial charge on any atom is -0.391 e. The van der Waals surface area contributed by atoms with Crippen molar-refractivity contribution in [3.63, 3.8) is 0 Å². The molecule has 0 radical (unpaired) electrons. The van der Waals surface area contributed by atoms with Crippen LogP contribution in [0.1, 0.15) is 22.8 Å². The van der Waals surface area contributed by atoms with E-state index in [1.165, 1.54) is 30.6 Å². The first-order chi connectivity index (χ1) is 9.90. The number of hydroxylamine groups is 1. The molecule has 0 fully saturated rings. The Morgan fingerprint density at radius 2 is 2.14 bits per heavy atom. The van der Waals surface area contributed by atoms with E-state index in [4.69, 9.17) is 5.21 Å². The van der Waals surface area contributed by atoms with Crippen molar-refractivity contribution in [2.75, 3.05) is 0 Å². The minimum absolute atomic E-state index is 0.129. The van der Waals surface area contributed by atoms with Crippen molar-refractivity contribution in [3.05, 3.63) is 47.8 Å². The second-order valence-corrected chi connectivity index (χ2v) is 4.47. The number of amides is 2. The van der Waals surface area contributed by atoms with E-state index in [-0.39, 0.29) is 17.5 Å². The van der Waals surface area contributed by atoms with E-state index in [0.29, 0.717) is 0 Å². The summed E-state index contributed by atoms with van der Waals surface area (Å²) in [7, 11) is 0. The van der Waals surface area contributed by atoms with Crippen molar-refractivity contribution in [2.45, 2.75) is 25.5 Å². The fourth-order valence-electron chi connectivity index (χ4n) is 1.73.